The van der Waals surface area contributed by atoms with Crippen LogP contribution in [0.25, 0.3) is 0 Å². The lowest BCUT2D eigenvalue weighted by atomic mass is 10.1. The summed E-state index contributed by atoms with van der Waals surface area (Å²) in [5.41, 5.74) is 0.723. The highest BCUT2D eigenvalue weighted by Crippen LogP contribution is 2.23. The monoisotopic (exact) mass is 256 g/mol. The summed E-state index contributed by atoms with van der Waals surface area (Å²) >= 11 is 5.46. The van der Waals surface area contributed by atoms with Crippen molar-refractivity contribution >= 4 is 23.2 Å². The van der Waals surface area contributed by atoms with Gasteiger partial charge in [-0.2, -0.15) is 0 Å². The molecule has 0 heterocycles. The zero-order valence-electron chi connectivity index (χ0n) is 9.59. The number of nitrogens with zero attached hydrogens (tertiary/aromatic N) is 2. The largest absolute Gasteiger partial charge is 0.338 e. The number of hydrogen-bond acceptors (Lipinski definition) is 3. The molecular weight excluding hydrogens is 244 g/mol. The van der Waals surface area contributed by atoms with Gasteiger partial charge in [-0.25, -0.2) is 0 Å². The molecule has 0 aliphatic carbocycles. The number of carbonyl (C=O) groups is 1. The highest BCUT2D eigenvalue weighted by molar-refractivity contribution is 6.27. The van der Waals surface area contributed by atoms with E-state index in [1.165, 1.54) is 17.0 Å². The molecule has 0 aromatic heterocycles. The van der Waals surface area contributed by atoms with Crippen molar-refractivity contribution in [2.75, 3.05) is 12.9 Å². The summed E-state index contributed by atoms with van der Waals surface area (Å²) in [6.07, 6.45) is 0. The first kappa shape index (κ1) is 13.4. The average molecular weight is 257 g/mol. The van der Waals surface area contributed by atoms with Gasteiger partial charge in [-0.05, 0) is 12.5 Å². The molecule has 0 radical (unpaired) electrons. The Kier molecular flexibility index (Phi) is 4.45. The molecule has 0 saturated carbocycles. The Hall–Kier alpha value is -1.62. The number of amides is 1. The van der Waals surface area contributed by atoms with Crippen molar-refractivity contribution in [3.05, 3.63) is 39.9 Å². The van der Waals surface area contributed by atoms with E-state index in [0.29, 0.717) is 5.56 Å². The lowest BCUT2D eigenvalue weighted by Crippen LogP contribution is -2.30. The fourth-order valence-electron chi connectivity index (χ4n) is 1.43. The fraction of sp³-hybridized carbons (Fsp3) is 0.364. The highest BCUT2D eigenvalue weighted by Gasteiger charge is 2.18. The summed E-state index contributed by atoms with van der Waals surface area (Å²) in [5.74, 6) is -0.318. The van der Waals surface area contributed by atoms with E-state index in [-0.39, 0.29) is 23.5 Å². The van der Waals surface area contributed by atoms with Crippen LogP contribution in [0, 0.1) is 10.1 Å². The Morgan fingerprint density at radius 1 is 1.59 bits per heavy atom. The van der Waals surface area contributed by atoms with E-state index in [1.807, 2.05) is 0 Å². The van der Waals surface area contributed by atoms with Gasteiger partial charge >= 0.3 is 0 Å². The zero-order chi connectivity index (χ0) is 13.0. The fourth-order valence-corrected chi connectivity index (χ4v) is 1.62. The summed E-state index contributed by atoms with van der Waals surface area (Å²) < 4.78 is 0. The predicted octanol–water partition coefficient (Wildman–Crippen LogP) is 2.35. The zero-order valence-corrected chi connectivity index (χ0v) is 10.3. The molecule has 1 aromatic carbocycles. The molecule has 0 saturated heterocycles. The van der Waals surface area contributed by atoms with Crippen molar-refractivity contribution < 1.29 is 9.72 Å². The van der Waals surface area contributed by atoms with Crippen LogP contribution in [-0.2, 0) is 4.79 Å². The van der Waals surface area contributed by atoms with Crippen molar-refractivity contribution in [1.29, 1.82) is 0 Å². The average Bonchev–Trinajstić information content (AvgIpc) is 2.36. The van der Waals surface area contributed by atoms with Crippen LogP contribution in [-0.4, -0.2) is 28.7 Å². The maximum atomic E-state index is 11.4. The Balaban J connectivity index is 2.96. The van der Waals surface area contributed by atoms with Crippen molar-refractivity contribution in [3.63, 3.8) is 0 Å². The van der Waals surface area contributed by atoms with Crippen LogP contribution >= 0.6 is 11.6 Å². The molecule has 0 bridgehead atoms. The number of nitro groups is 1. The van der Waals surface area contributed by atoms with Gasteiger partial charge in [0.15, 0.2) is 0 Å². The Bertz CT molecular complexity index is 436. The van der Waals surface area contributed by atoms with E-state index in [1.54, 1.807) is 26.1 Å². The predicted molar refractivity (Wildman–Crippen MR) is 65.0 cm³/mol. The van der Waals surface area contributed by atoms with Crippen LogP contribution in [0.3, 0.4) is 0 Å². The topological polar surface area (TPSA) is 63.5 Å². The molecular formula is C11H13ClN2O3. The molecule has 1 atom stereocenters. The number of rotatable bonds is 4. The molecule has 92 valence electrons. The van der Waals surface area contributed by atoms with Crippen molar-refractivity contribution in [2.45, 2.75) is 13.0 Å². The Morgan fingerprint density at radius 3 is 2.76 bits per heavy atom. The second kappa shape index (κ2) is 5.63. The van der Waals surface area contributed by atoms with E-state index in [0.717, 1.165) is 0 Å². The second-order valence-electron chi connectivity index (χ2n) is 3.67. The van der Waals surface area contributed by atoms with Crippen LogP contribution in [0.5, 0.6) is 0 Å². The quantitative estimate of drug-likeness (QED) is 0.472. The van der Waals surface area contributed by atoms with Crippen molar-refractivity contribution in [2.24, 2.45) is 0 Å². The van der Waals surface area contributed by atoms with Crippen molar-refractivity contribution in [3.8, 4) is 0 Å². The molecule has 5 nitrogen and oxygen atoms in total. The maximum absolute atomic E-state index is 11.4. The standard InChI is InChI=1S/C11H13ClN2O3/c1-8(13(2)11(15)7-12)9-4-3-5-10(6-9)14(16)17/h3-6,8H,7H2,1-2H3/t8-/m1/s1. The van der Waals surface area contributed by atoms with Gasteiger partial charge in [0.05, 0.1) is 11.0 Å². The number of carbonyl (C=O) groups excluding carboxylic acids is 1. The summed E-state index contributed by atoms with van der Waals surface area (Å²) in [6.45, 7) is 1.80. The third-order valence-electron chi connectivity index (χ3n) is 2.65. The van der Waals surface area contributed by atoms with Crippen LogP contribution in [0.4, 0.5) is 5.69 Å². The van der Waals surface area contributed by atoms with Gasteiger partial charge in [-0.3, -0.25) is 14.9 Å². The number of non-ortho nitro benzene ring substituents is 1. The van der Waals surface area contributed by atoms with Gasteiger partial charge in [0.2, 0.25) is 5.91 Å². The van der Waals surface area contributed by atoms with Gasteiger partial charge < -0.3 is 4.90 Å². The number of benzene rings is 1. The van der Waals surface area contributed by atoms with Crippen molar-refractivity contribution in [1.82, 2.24) is 4.90 Å². The van der Waals surface area contributed by atoms with Gasteiger partial charge in [0, 0.05) is 19.2 Å². The molecule has 0 unspecified atom stereocenters. The third-order valence-corrected chi connectivity index (χ3v) is 2.88. The van der Waals surface area contributed by atoms with E-state index in [9.17, 15) is 14.9 Å². The summed E-state index contributed by atoms with van der Waals surface area (Å²) in [4.78, 5) is 23.1. The number of hydrogen-bond donors (Lipinski definition) is 0. The lowest BCUT2D eigenvalue weighted by Gasteiger charge is -2.24. The van der Waals surface area contributed by atoms with Crippen LogP contribution in [0.1, 0.15) is 18.5 Å². The molecule has 1 amide bonds. The first-order chi connectivity index (χ1) is 7.97. The van der Waals surface area contributed by atoms with Crippen LogP contribution < -0.4 is 0 Å². The normalized spacial score (nSPS) is 11.9. The molecule has 0 fully saturated rings. The smallest absolute Gasteiger partial charge is 0.269 e. The first-order valence-corrected chi connectivity index (χ1v) is 5.56. The summed E-state index contributed by atoms with van der Waals surface area (Å²) in [5, 5.41) is 10.6. The van der Waals surface area contributed by atoms with E-state index in [4.69, 9.17) is 11.6 Å². The van der Waals surface area contributed by atoms with Gasteiger partial charge in [-0.15, -0.1) is 11.6 Å². The lowest BCUT2D eigenvalue weighted by molar-refractivity contribution is -0.384. The number of halogens is 1. The summed E-state index contributed by atoms with van der Waals surface area (Å²) in [6, 6.07) is 5.97. The highest BCUT2D eigenvalue weighted by atomic mass is 35.5. The molecule has 1 aromatic rings. The van der Waals surface area contributed by atoms with Crippen LogP contribution in [0.15, 0.2) is 24.3 Å². The first-order valence-electron chi connectivity index (χ1n) is 5.03. The minimum atomic E-state index is -0.459. The van der Waals surface area contributed by atoms with Gasteiger partial charge in [-0.1, -0.05) is 12.1 Å². The minimum absolute atomic E-state index is 0.0149. The van der Waals surface area contributed by atoms with E-state index in [2.05, 4.69) is 0 Å². The molecule has 0 N–H and O–H groups in total. The molecule has 0 spiro atoms. The number of nitro benzene ring substituents is 1. The minimum Gasteiger partial charge on any atom is -0.338 e. The van der Waals surface area contributed by atoms with Crippen LogP contribution in [0.2, 0.25) is 0 Å². The SMILES string of the molecule is C[C@H](c1cccc([N+](=O)[O-])c1)N(C)C(=O)CCl. The van der Waals surface area contributed by atoms with Gasteiger partial charge in [0.1, 0.15) is 5.88 Å². The van der Waals surface area contributed by atoms with Gasteiger partial charge in [0.25, 0.3) is 5.69 Å². The second-order valence-corrected chi connectivity index (χ2v) is 3.93. The Labute approximate surface area is 104 Å². The third kappa shape index (κ3) is 3.17. The Morgan fingerprint density at radius 2 is 2.24 bits per heavy atom. The molecule has 6 heteroatoms. The molecule has 17 heavy (non-hydrogen) atoms. The van der Waals surface area contributed by atoms with E-state index >= 15 is 0 Å². The summed E-state index contributed by atoms with van der Waals surface area (Å²) in [7, 11) is 1.62. The molecule has 1 rings (SSSR count). The molecule has 0 aliphatic rings. The van der Waals surface area contributed by atoms with E-state index < -0.39 is 4.92 Å². The maximum Gasteiger partial charge on any atom is 0.269 e. The number of alkyl halides is 1. The molecule has 0 aliphatic heterocycles.